The molecule has 0 saturated heterocycles. The zero-order valence-electron chi connectivity index (χ0n) is 22.1. The maximum absolute atomic E-state index is 13.9. The number of sulfonamides is 1. The van der Waals surface area contributed by atoms with E-state index in [0.717, 1.165) is 14.8 Å². The molecule has 0 aromatic heterocycles. The number of carbonyl (C=O) groups excluding carboxylic acids is 2. The fraction of sp³-hybridized carbons (Fsp3) is 0.286. The van der Waals surface area contributed by atoms with Gasteiger partial charge in [0.1, 0.15) is 12.6 Å². The van der Waals surface area contributed by atoms with E-state index in [1.54, 1.807) is 68.4 Å². The molecule has 3 rings (SSSR count). The number of nitrogens with zero attached hydrogens (tertiary/aromatic N) is 2. The Kier molecular flexibility index (Phi) is 10.7. The minimum absolute atomic E-state index is 0.0165. The number of anilines is 1. The molecule has 0 aliphatic rings. The topological polar surface area (TPSA) is 86.8 Å². The third-order valence-corrected chi connectivity index (χ3v) is 9.24. The molecular weight excluding hydrogens is 577 g/mol. The van der Waals surface area contributed by atoms with E-state index in [9.17, 15) is 18.0 Å². The van der Waals surface area contributed by atoms with Gasteiger partial charge in [0.05, 0.1) is 10.6 Å². The average molecular weight is 609 g/mol. The molecule has 2 amide bonds. The van der Waals surface area contributed by atoms with Gasteiger partial charge in [0.2, 0.25) is 11.8 Å². The van der Waals surface area contributed by atoms with Crippen LogP contribution in [0.1, 0.15) is 25.0 Å². The summed E-state index contributed by atoms with van der Waals surface area (Å²) in [5, 5.41) is 3.49. The normalized spacial score (nSPS) is 12.1. The summed E-state index contributed by atoms with van der Waals surface area (Å²) in [6, 6.07) is 17.3. The van der Waals surface area contributed by atoms with Crippen LogP contribution in [-0.4, -0.2) is 50.5 Å². The standard InChI is InChI=1S/C28H31Cl2N3O4S2/c1-5-31-28(35)20(3)32(17-21-8-9-22(29)16-26(21)30)27(34)18-33(23-10-6-19(2)7-11-23)39(36,37)25-14-12-24(38-4)13-15-25/h6-16,20H,5,17-18H2,1-4H3,(H,31,35). The lowest BCUT2D eigenvalue weighted by Gasteiger charge is -2.32. The van der Waals surface area contributed by atoms with Gasteiger partial charge >= 0.3 is 0 Å². The average Bonchev–Trinajstić information content (AvgIpc) is 2.91. The van der Waals surface area contributed by atoms with Gasteiger partial charge in [-0.05, 0) is 81.1 Å². The number of likely N-dealkylation sites (N-methyl/N-ethyl adjacent to an activating group) is 1. The van der Waals surface area contributed by atoms with Crippen molar-refractivity contribution in [3.63, 3.8) is 0 Å². The first-order valence-corrected chi connectivity index (χ1v) is 15.6. The zero-order valence-corrected chi connectivity index (χ0v) is 25.3. The van der Waals surface area contributed by atoms with E-state index in [-0.39, 0.29) is 17.3 Å². The van der Waals surface area contributed by atoms with Crippen LogP contribution in [0.4, 0.5) is 5.69 Å². The highest BCUT2D eigenvalue weighted by Gasteiger charge is 2.32. The fourth-order valence-corrected chi connectivity index (χ4v) is 6.14. The molecule has 0 bridgehead atoms. The van der Waals surface area contributed by atoms with Crippen molar-refractivity contribution in [3.05, 3.63) is 87.9 Å². The van der Waals surface area contributed by atoms with Crippen molar-refractivity contribution in [2.45, 2.75) is 43.1 Å². The molecule has 7 nitrogen and oxygen atoms in total. The summed E-state index contributed by atoms with van der Waals surface area (Å²) in [6.07, 6.45) is 1.90. The summed E-state index contributed by atoms with van der Waals surface area (Å²) in [5.74, 6) is -0.932. The van der Waals surface area contributed by atoms with Crippen LogP contribution in [0.15, 0.2) is 76.5 Å². The van der Waals surface area contributed by atoms with E-state index in [2.05, 4.69) is 5.32 Å². The van der Waals surface area contributed by atoms with E-state index in [0.29, 0.717) is 27.8 Å². The smallest absolute Gasteiger partial charge is 0.264 e. The first-order chi connectivity index (χ1) is 18.5. The first kappa shape index (κ1) is 30.8. The van der Waals surface area contributed by atoms with Gasteiger partial charge in [-0.25, -0.2) is 8.42 Å². The van der Waals surface area contributed by atoms with Gasteiger partial charge in [0, 0.05) is 28.0 Å². The number of aryl methyl sites for hydroxylation is 1. The molecule has 3 aromatic carbocycles. The van der Waals surface area contributed by atoms with E-state index in [1.807, 2.05) is 13.2 Å². The van der Waals surface area contributed by atoms with E-state index in [4.69, 9.17) is 23.2 Å². The number of thioether (sulfide) groups is 1. The molecule has 0 fully saturated rings. The number of hydrogen-bond donors (Lipinski definition) is 1. The number of amides is 2. The molecular formula is C28H31Cl2N3O4S2. The lowest BCUT2D eigenvalue weighted by molar-refractivity contribution is -0.139. The van der Waals surface area contributed by atoms with Crippen LogP contribution >= 0.6 is 35.0 Å². The summed E-state index contributed by atoms with van der Waals surface area (Å²) in [4.78, 5) is 29.0. The molecule has 0 saturated carbocycles. The molecule has 0 heterocycles. The molecule has 1 atom stereocenters. The number of nitrogens with one attached hydrogen (secondary N) is 1. The largest absolute Gasteiger partial charge is 0.355 e. The molecule has 0 radical (unpaired) electrons. The minimum Gasteiger partial charge on any atom is -0.355 e. The Balaban J connectivity index is 2.04. The predicted molar refractivity (Wildman–Crippen MR) is 159 cm³/mol. The highest BCUT2D eigenvalue weighted by molar-refractivity contribution is 7.98. The van der Waals surface area contributed by atoms with Crippen LogP contribution in [0, 0.1) is 6.92 Å². The summed E-state index contributed by atoms with van der Waals surface area (Å²) >= 11 is 13.9. The Morgan fingerprint density at radius 3 is 2.21 bits per heavy atom. The van der Waals surface area contributed by atoms with Crippen molar-refractivity contribution in [1.29, 1.82) is 0 Å². The van der Waals surface area contributed by atoms with Gasteiger partial charge in [-0.2, -0.15) is 0 Å². The third kappa shape index (κ3) is 7.69. The molecule has 0 aliphatic carbocycles. The van der Waals surface area contributed by atoms with E-state index < -0.39 is 28.5 Å². The second-order valence-corrected chi connectivity index (χ2v) is 12.4. The van der Waals surface area contributed by atoms with Crippen LogP contribution in [0.3, 0.4) is 0 Å². The Labute approximate surface area is 244 Å². The molecule has 0 spiro atoms. The Morgan fingerprint density at radius 2 is 1.64 bits per heavy atom. The lowest BCUT2D eigenvalue weighted by Crippen LogP contribution is -2.51. The summed E-state index contributed by atoms with van der Waals surface area (Å²) in [7, 11) is -4.13. The summed E-state index contributed by atoms with van der Waals surface area (Å²) in [6.45, 7) is 5.10. The maximum Gasteiger partial charge on any atom is 0.264 e. The van der Waals surface area contributed by atoms with Crippen LogP contribution in [0.25, 0.3) is 0 Å². The quantitative estimate of drug-likeness (QED) is 0.279. The monoisotopic (exact) mass is 607 g/mol. The van der Waals surface area contributed by atoms with Crippen molar-refractivity contribution in [3.8, 4) is 0 Å². The van der Waals surface area contributed by atoms with E-state index >= 15 is 0 Å². The molecule has 3 aromatic rings. The minimum atomic E-state index is -4.13. The molecule has 1 N–H and O–H groups in total. The van der Waals surface area contributed by atoms with Crippen LogP contribution in [0.5, 0.6) is 0 Å². The predicted octanol–water partition coefficient (Wildman–Crippen LogP) is 5.77. The van der Waals surface area contributed by atoms with Crippen LogP contribution < -0.4 is 9.62 Å². The second-order valence-electron chi connectivity index (χ2n) is 8.85. The van der Waals surface area contributed by atoms with E-state index in [1.165, 1.54) is 28.8 Å². The molecule has 39 heavy (non-hydrogen) atoms. The van der Waals surface area contributed by atoms with Crippen molar-refractivity contribution in [2.75, 3.05) is 23.7 Å². The zero-order chi connectivity index (χ0) is 28.7. The van der Waals surface area contributed by atoms with Gasteiger partial charge < -0.3 is 10.2 Å². The Hall–Kier alpha value is -2.72. The van der Waals surface area contributed by atoms with Crippen molar-refractivity contribution < 1.29 is 18.0 Å². The Morgan fingerprint density at radius 1 is 1.00 bits per heavy atom. The first-order valence-electron chi connectivity index (χ1n) is 12.2. The number of carbonyl (C=O) groups is 2. The Bertz CT molecular complexity index is 1420. The maximum atomic E-state index is 13.9. The summed E-state index contributed by atoms with van der Waals surface area (Å²) < 4.78 is 28.8. The molecule has 0 aliphatic heterocycles. The van der Waals surface area contributed by atoms with Crippen LogP contribution in [0.2, 0.25) is 10.0 Å². The molecule has 11 heteroatoms. The number of rotatable bonds is 11. The van der Waals surface area contributed by atoms with Gasteiger partial charge in [-0.15, -0.1) is 11.8 Å². The van der Waals surface area contributed by atoms with Gasteiger partial charge in [0.15, 0.2) is 0 Å². The SMILES string of the molecule is CCNC(=O)C(C)N(Cc1ccc(Cl)cc1Cl)C(=O)CN(c1ccc(C)cc1)S(=O)(=O)c1ccc(SC)cc1. The molecule has 1 unspecified atom stereocenters. The van der Waals surface area contributed by atoms with Crippen molar-refractivity contribution in [2.24, 2.45) is 0 Å². The van der Waals surface area contributed by atoms with Gasteiger partial charge in [0.25, 0.3) is 10.0 Å². The lowest BCUT2D eigenvalue weighted by atomic mass is 10.1. The number of halogens is 2. The van der Waals surface area contributed by atoms with Gasteiger partial charge in [-0.1, -0.05) is 47.0 Å². The van der Waals surface area contributed by atoms with Crippen molar-refractivity contribution >= 4 is 62.5 Å². The van der Waals surface area contributed by atoms with Crippen LogP contribution in [-0.2, 0) is 26.2 Å². The molecule has 208 valence electrons. The highest BCUT2D eigenvalue weighted by atomic mass is 35.5. The summed E-state index contributed by atoms with van der Waals surface area (Å²) in [5.41, 5.74) is 1.84. The van der Waals surface area contributed by atoms with Gasteiger partial charge in [-0.3, -0.25) is 13.9 Å². The second kappa shape index (κ2) is 13.6. The highest BCUT2D eigenvalue weighted by Crippen LogP contribution is 2.27. The number of benzene rings is 3. The number of hydrogen-bond acceptors (Lipinski definition) is 5. The van der Waals surface area contributed by atoms with Crippen molar-refractivity contribution in [1.82, 2.24) is 10.2 Å². The third-order valence-electron chi connectivity index (χ3n) is 6.12. The fourth-order valence-electron chi connectivity index (χ4n) is 3.85.